The lowest BCUT2D eigenvalue weighted by Gasteiger charge is -2.29. The van der Waals surface area contributed by atoms with Gasteiger partial charge in [-0.3, -0.25) is 0 Å². The fraction of sp³-hybridized carbons (Fsp3) is 0.364. The van der Waals surface area contributed by atoms with E-state index in [0.717, 1.165) is 62.1 Å². The van der Waals surface area contributed by atoms with Gasteiger partial charge in [0.1, 0.15) is 23.3 Å². The van der Waals surface area contributed by atoms with Gasteiger partial charge in [-0.25, -0.2) is 27.2 Å². The van der Waals surface area contributed by atoms with E-state index in [-0.39, 0.29) is 23.2 Å². The summed E-state index contributed by atoms with van der Waals surface area (Å²) < 4.78 is 53.6. The number of hydrogen-bond donors (Lipinski definition) is 4. The van der Waals surface area contributed by atoms with E-state index in [1.54, 1.807) is 0 Å². The van der Waals surface area contributed by atoms with Gasteiger partial charge in [-0.05, 0) is 55.4 Å². The third-order valence-electron chi connectivity index (χ3n) is 5.35. The van der Waals surface area contributed by atoms with Crippen molar-refractivity contribution in [3.05, 3.63) is 59.7 Å². The standard InChI is InChI=1S/C22H24F4N4O2/c23-15-4-6-17(25)19(9-15)29-21(31)27-11-13-2-1-3-14(8-13)12-28-22(32)30-20-10-16(24)5-7-18(20)26/h4-7,9-10,13-14H,1-3,8,11-12H2,(H2,27,29,31)(H2,28,30,32)/t13-,14-/m0/s1. The van der Waals surface area contributed by atoms with Gasteiger partial charge in [0.15, 0.2) is 0 Å². The molecule has 0 heterocycles. The molecule has 3 rings (SSSR count). The number of amides is 4. The number of carbonyl (C=O) groups is 2. The van der Waals surface area contributed by atoms with Crippen LogP contribution in [0.25, 0.3) is 0 Å². The summed E-state index contributed by atoms with van der Waals surface area (Å²) in [5.74, 6) is -2.48. The van der Waals surface area contributed by atoms with Gasteiger partial charge in [0, 0.05) is 25.2 Å². The van der Waals surface area contributed by atoms with Crippen molar-refractivity contribution in [3.63, 3.8) is 0 Å². The first-order chi connectivity index (χ1) is 15.3. The molecule has 0 aromatic heterocycles. The molecule has 1 saturated carbocycles. The molecule has 10 heteroatoms. The van der Waals surface area contributed by atoms with Gasteiger partial charge >= 0.3 is 12.1 Å². The van der Waals surface area contributed by atoms with Gasteiger partial charge in [0.25, 0.3) is 0 Å². The van der Waals surface area contributed by atoms with Crippen LogP contribution in [-0.4, -0.2) is 25.2 Å². The molecule has 0 aliphatic heterocycles. The van der Waals surface area contributed by atoms with Crippen LogP contribution in [0.15, 0.2) is 36.4 Å². The van der Waals surface area contributed by atoms with Crippen molar-refractivity contribution in [2.24, 2.45) is 11.8 Å². The molecule has 0 saturated heterocycles. The molecule has 172 valence electrons. The molecule has 2 atom stereocenters. The van der Waals surface area contributed by atoms with E-state index in [4.69, 9.17) is 0 Å². The second kappa shape index (κ2) is 10.8. The molecule has 0 bridgehead atoms. The van der Waals surface area contributed by atoms with E-state index in [1.807, 2.05) is 0 Å². The molecule has 0 unspecified atom stereocenters. The molecule has 1 fully saturated rings. The van der Waals surface area contributed by atoms with Crippen LogP contribution in [0.3, 0.4) is 0 Å². The number of rotatable bonds is 6. The first-order valence-corrected chi connectivity index (χ1v) is 10.3. The largest absolute Gasteiger partial charge is 0.338 e. The number of nitrogens with one attached hydrogen (secondary N) is 4. The SMILES string of the molecule is O=C(NC[C@H]1CCC[C@H](CNC(=O)Nc2cc(F)ccc2F)C1)Nc1cc(F)ccc1F. The Balaban J connectivity index is 1.41. The van der Waals surface area contributed by atoms with Crippen LogP contribution in [0.2, 0.25) is 0 Å². The van der Waals surface area contributed by atoms with Crippen LogP contribution >= 0.6 is 0 Å². The van der Waals surface area contributed by atoms with Gasteiger partial charge in [-0.1, -0.05) is 6.42 Å². The molecule has 2 aromatic carbocycles. The van der Waals surface area contributed by atoms with Gasteiger partial charge in [-0.2, -0.15) is 0 Å². The molecule has 2 aromatic rings. The Kier molecular flexibility index (Phi) is 7.91. The number of urea groups is 2. The third kappa shape index (κ3) is 6.86. The van der Waals surface area contributed by atoms with E-state index >= 15 is 0 Å². The van der Waals surface area contributed by atoms with Crippen LogP contribution in [-0.2, 0) is 0 Å². The lowest BCUT2D eigenvalue weighted by molar-refractivity contribution is 0.230. The van der Waals surface area contributed by atoms with Crippen LogP contribution in [0.4, 0.5) is 38.5 Å². The Hall–Kier alpha value is -3.30. The minimum Gasteiger partial charge on any atom is -0.338 e. The topological polar surface area (TPSA) is 82.3 Å². The Morgan fingerprint density at radius 1 is 0.750 bits per heavy atom. The van der Waals surface area contributed by atoms with E-state index in [9.17, 15) is 27.2 Å². The van der Waals surface area contributed by atoms with Crippen LogP contribution in [0.1, 0.15) is 25.7 Å². The predicted octanol–water partition coefficient (Wildman–Crippen LogP) is 4.99. The van der Waals surface area contributed by atoms with Gasteiger partial charge in [0.05, 0.1) is 11.4 Å². The van der Waals surface area contributed by atoms with Crippen LogP contribution < -0.4 is 21.3 Å². The lowest BCUT2D eigenvalue weighted by atomic mass is 9.81. The van der Waals surface area contributed by atoms with Gasteiger partial charge in [0.2, 0.25) is 0 Å². The van der Waals surface area contributed by atoms with Crippen molar-refractivity contribution in [3.8, 4) is 0 Å². The van der Waals surface area contributed by atoms with E-state index < -0.39 is 35.3 Å². The summed E-state index contributed by atoms with van der Waals surface area (Å²) in [5, 5.41) is 9.89. The summed E-state index contributed by atoms with van der Waals surface area (Å²) in [6.07, 6.45) is 3.40. The summed E-state index contributed by atoms with van der Waals surface area (Å²) in [5.41, 5.74) is -0.483. The Morgan fingerprint density at radius 3 is 1.62 bits per heavy atom. The Morgan fingerprint density at radius 2 is 1.19 bits per heavy atom. The molecule has 1 aliphatic carbocycles. The summed E-state index contributed by atoms with van der Waals surface area (Å²) >= 11 is 0. The molecule has 1 aliphatic rings. The van der Waals surface area contributed by atoms with Crippen molar-refractivity contribution in [2.75, 3.05) is 23.7 Å². The molecule has 0 radical (unpaired) electrons. The van der Waals surface area contributed by atoms with Crippen LogP contribution in [0, 0.1) is 35.1 Å². The van der Waals surface area contributed by atoms with E-state index in [1.165, 1.54) is 0 Å². The fourth-order valence-electron chi connectivity index (χ4n) is 3.77. The zero-order valence-corrected chi connectivity index (χ0v) is 17.2. The minimum absolute atomic E-state index is 0.155. The van der Waals surface area contributed by atoms with Gasteiger partial charge in [-0.15, -0.1) is 0 Å². The first-order valence-electron chi connectivity index (χ1n) is 10.3. The normalized spacial score (nSPS) is 18.0. The van der Waals surface area contributed by atoms with Crippen molar-refractivity contribution in [1.82, 2.24) is 10.6 Å². The van der Waals surface area contributed by atoms with Crippen molar-refractivity contribution >= 4 is 23.4 Å². The predicted molar refractivity (Wildman–Crippen MR) is 112 cm³/mol. The van der Waals surface area contributed by atoms with Crippen molar-refractivity contribution in [2.45, 2.75) is 25.7 Å². The second-order valence-electron chi connectivity index (χ2n) is 7.82. The van der Waals surface area contributed by atoms with Crippen molar-refractivity contribution < 1.29 is 27.2 Å². The van der Waals surface area contributed by atoms with Crippen LogP contribution in [0.5, 0.6) is 0 Å². The summed E-state index contributed by atoms with van der Waals surface area (Å²) in [7, 11) is 0. The lowest BCUT2D eigenvalue weighted by Crippen LogP contribution is -2.38. The molecule has 0 spiro atoms. The van der Waals surface area contributed by atoms with E-state index in [2.05, 4.69) is 21.3 Å². The highest BCUT2D eigenvalue weighted by molar-refractivity contribution is 5.89. The summed E-state index contributed by atoms with van der Waals surface area (Å²) in [6, 6.07) is 4.33. The number of benzene rings is 2. The average molecular weight is 452 g/mol. The summed E-state index contributed by atoms with van der Waals surface area (Å²) in [6.45, 7) is 0.694. The monoisotopic (exact) mass is 452 g/mol. The molecular formula is C22H24F4N4O2. The van der Waals surface area contributed by atoms with Crippen molar-refractivity contribution in [1.29, 1.82) is 0 Å². The van der Waals surface area contributed by atoms with E-state index in [0.29, 0.717) is 13.1 Å². The Labute approximate surface area is 182 Å². The average Bonchev–Trinajstić information content (AvgIpc) is 2.76. The molecule has 6 nitrogen and oxygen atoms in total. The second-order valence-corrected chi connectivity index (χ2v) is 7.82. The molecule has 4 N–H and O–H groups in total. The molecule has 32 heavy (non-hydrogen) atoms. The maximum absolute atomic E-state index is 13.6. The number of carbonyl (C=O) groups excluding carboxylic acids is 2. The number of anilines is 2. The number of hydrogen-bond acceptors (Lipinski definition) is 2. The maximum atomic E-state index is 13.6. The highest BCUT2D eigenvalue weighted by atomic mass is 19.1. The number of halogens is 4. The first kappa shape index (κ1) is 23.4. The molecule has 4 amide bonds. The summed E-state index contributed by atoms with van der Waals surface area (Å²) in [4.78, 5) is 24.0. The zero-order valence-electron chi connectivity index (χ0n) is 17.2. The fourth-order valence-corrected chi connectivity index (χ4v) is 3.77. The smallest absolute Gasteiger partial charge is 0.319 e. The highest BCUT2D eigenvalue weighted by Crippen LogP contribution is 2.28. The maximum Gasteiger partial charge on any atom is 0.319 e. The minimum atomic E-state index is -0.734. The van der Waals surface area contributed by atoms with Gasteiger partial charge < -0.3 is 21.3 Å². The quantitative estimate of drug-likeness (QED) is 0.466. The highest BCUT2D eigenvalue weighted by Gasteiger charge is 2.23. The Bertz CT molecular complexity index is 897. The third-order valence-corrected chi connectivity index (χ3v) is 5.35. The zero-order chi connectivity index (χ0) is 23.1. The molecular weight excluding hydrogens is 428 g/mol.